The molecule has 4 heteroatoms. The standard InChI is InChI=1S/C20H16N2OSe/c1-13-12-14(20(23)19-15(13)6-5-11-21-19)9-10-18-22(2)16-7-3-4-8-17(16)24-18/h3-12H,1-2H3. The van der Waals surface area contributed by atoms with Crippen molar-refractivity contribution in [1.82, 2.24) is 4.98 Å². The van der Waals surface area contributed by atoms with Gasteiger partial charge >= 0.3 is 147 Å². The fraction of sp³-hybridized carbons (Fsp3) is 0.100. The first kappa shape index (κ1) is 15.1. The fourth-order valence-corrected chi connectivity index (χ4v) is 5.18. The summed E-state index contributed by atoms with van der Waals surface area (Å²) in [7, 11) is 2.08. The fourth-order valence-electron chi connectivity index (χ4n) is 2.97. The van der Waals surface area contributed by atoms with E-state index in [2.05, 4.69) is 47.3 Å². The van der Waals surface area contributed by atoms with Crippen molar-refractivity contribution < 1.29 is 4.79 Å². The number of benzene rings is 1. The Labute approximate surface area is 147 Å². The van der Waals surface area contributed by atoms with E-state index in [1.807, 2.05) is 31.2 Å². The molecule has 1 aliphatic carbocycles. The number of rotatable bonds is 1. The van der Waals surface area contributed by atoms with Gasteiger partial charge in [0.25, 0.3) is 0 Å². The van der Waals surface area contributed by atoms with Crippen molar-refractivity contribution in [3.05, 3.63) is 82.2 Å². The minimum absolute atomic E-state index is 0.00119. The number of nitrogens with zero attached hydrogens (tertiary/aromatic N) is 2. The number of ketones is 1. The monoisotopic (exact) mass is 380 g/mol. The first-order chi connectivity index (χ1) is 11.6. The molecule has 0 amide bonds. The third-order valence-corrected chi connectivity index (χ3v) is 6.74. The van der Waals surface area contributed by atoms with Gasteiger partial charge in [0.15, 0.2) is 0 Å². The van der Waals surface area contributed by atoms with E-state index in [4.69, 9.17) is 0 Å². The van der Waals surface area contributed by atoms with Crippen LogP contribution in [0.4, 0.5) is 5.69 Å². The number of aromatic nitrogens is 1. The van der Waals surface area contributed by atoms with Crippen molar-refractivity contribution in [2.24, 2.45) is 0 Å². The zero-order chi connectivity index (χ0) is 16.7. The van der Waals surface area contributed by atoms with Crippen molar-refractivity contribution in [2.45, 2.75) is 6.92 Å². The van der Waals surface area contributed by atoms with Crippen LogP contribution in [0.15, 0.2) is 71.0 Å². The first-order valence-corrected chi connectivity index (χ1v) is 9.47. The third-order valence-electron chi connectivity index (χ3n) is 4.26. The Kier molecular flexibility index (Phi) is 3.72. The first-order valence-electron chi connectivity index (χ1n) is 7.76. The Morgan fingerprint density at radius 1 is 1.12 bits per heavy atom. The molecule has 2 heterocycles. The second-order valence-electron chi connectivity index (χ2n) is 5.81. The molecule has 0 fully saturated rings. The number of hydrogen-bond acceptors (Lipinski definition) is 3. The molecule has 2 aliphatic rings. The van der Waals surface area contributed by atoms with E-state index in [0.717, 1.165) is 11.1 Å². The molecule has 0 saturated carbocycles. The van der Waals surface area contributed by atoms with Gasteiger partial charge in [-0.15, -0.1) is 0 Å². The summed E-state index contributed by atoms with van der Waals surface area (Å²) in [5.74, 6) is -0.00119. The van der Waals surface area contributed by atoms with E-state index in [-0.39, 0.29) is 20.7 Å². The molecular weight excluding hydrogens is 363 g/mol. The van der Waals surface area contributed by atoms with E-state index in [0.29, 0.717) is 11.3 Å². The molecule has 118 valence electrons. The van der Waals surface area contributed by atoms with Crippen molar-refractivity contribution >= 4 is 36.5 Å². The molecular formula is C20H16N2OSe. The van der Waals surface area contributed by atoms with E-state index < -0.39 is 0 Å². The number of pyridine rings is 1. The van der Waals surface area contributed by atoms with Crippen LogP contribution in [0.5, 0.6) is 0 Å². The van der Waals surface area contributed by atoms with Gasteiger partial charge in [-0.05, 0) is 0 Å². The Morgan fingerprint density at radius 2 is 1.96 bits per heavy atom. The van der Waals surface area contributed by atoms with Gasteiger partial charge in [-0.2, -0.15) is 0 Å². The maximum absolute atomic E-state index is 12.7. The quantitative estimate of drug-likeness (QED) is 0.564. The summed E-state index contributed by atoms with van der Waals surface area (Å²) in [5, 5.41) is 0. The summed E-state index contributed by atoms with van der Waals surface area (Å²) in [6, 6.07) is 12.3. The van der Waals surface area contributed by atoms with Crippen molar-refractivity contribution in [3.8, 4) is 0 Å². The van der Waals surface area contributed by atoms with Crippen LogP contribution >= 0.6 is 0 Å². The maximum atomic E-state index is 12.7. The van der Waals surface area contributed by atoms with Crippen LogP contribution in [0.2, 0.25) is 0 Å². The molecule has 3 nitrogen and oxygen atoms in total. The molecule has 0 atom stereocenters. The molecule has 0 radical (unpaired) electrons. The number of carbonyl (C=O) groups excluding carboxylic acids is 1. The summed E-state index contributed by atoms with van der Waals surface area (Å²) in [6.45, 7) is 2.02. The van der Waals surface area contributed by atoms with Crippen LogP contribution in [-0.4, -0.2) is 32.8 Å². The van der Waals surface area contributed by atoms with Crippen LogP contribution in [0.1, 0.15) is 23.0 Å². The molecule has 0 unspecified atom stereocenters. The predicted molar refractivity (Wildman–Crippen MR) is 98.6 cm³/mol. The number of hydrogen-bond donors (Lipinski definition) is 0. The third kappa shape index (κ3) is 2.44. The molecule has 4 rings (SSSR count). The minimum atomic E-state index is -0.00119. The topological polar surface area (TPSA) is 33.2 Å². The summed E-state index contributed by atoms with van der Waals surface area (Å²) in [6.07, 6.45) is 7.64. The molecule has 1 aromatic heterocycles. The second-order valence-corrected chi connectivity index (χ2v) is 8.04. The van der Waals surface area contributed by atoms with E-state index in [1.54, 1.807) is 6.20 Å². The van der Waals surface area contributed by atoms with Crippen LogP contribution in [0.3, 0.4) is 0 Å². The molecule has 0 N–H and O–H groups in total. The second kappa shape index (κ2) is 5.90. The van der Waals surface area contributed by atoms with Crippen LogP contribution in [0, 0.1) is 0 Å². The Morgan fingerprint density at radius 3 is 2.79 bits per heavy atom. The van der Waals surface area contributed by atoms with Gasteiger partial charge in [-0.1, -0.05) is 0 Å². The van der Waals surface area contributed by atoms with Gasteiger partial charge in [-0.3, -0.25) is 0 Å². The molecule has 1 aromatic carbocycles. The Balaban J connectivity index is 1.69. The number of anilines is 1. The number of carbonyl (C=O) groups is 1. The molecule has 2 aromatic rings. The van der Waals surface area contributed by atoms with Crippen molar-refractivity contribution in [1.29, 1.82) is 0 Å². The summed E-state index contributed by atoms with van der Waals surface area (Å²) in [4.78, 5) is 19.1. The van der Waals surface area contributed by atoms with E-state index in [9.17, 15) is 4.79 Å². The van der Waals surface area contributed by atoms with Gasteiger partial charge < -0.3 is 0 Å². The molecule has 0 bridgehead atoms. The van der Waals surface area contributed by atoms with Gasteiger partial charge in [0.1, 0.15) is 0 Å². The molecule has 24 heavy (non-hydrogen) atoms. The normalized spacial score (nSPS) is 19.5. The predicted octanol–water partition coefficient (Wildman–Crippen LogP) is 2.93. The number of allylic oxidation sites excluding steroid dienone is 5. The van der Waals surface area contributed by atoms with Crippen LogP contribution < -0.4 is 9.36 Å². The summed E-state index contributed by atoms with van der Waals surface area (Å²) < 4.78 is 2.63. The number of para-hydroxylation sites is 1. The SMILES string of the molecule is CC1=CC(=CC=C2[Se]c3ccccc3N2C)C(=O)c2ncccc21. The molecule has 1 aliphatic heterocycles. The van der Waals surface area contributed by atoms with Crippen LogP contribution in [-0.2, 0) is 0 Å². The zero-order valence-corrected chi connectivity index (χ0v) is 15.2. The zero-order valence-electron chi connectivity index (χ0n) is 13.5. The van der Waals surface area contributed by atoms with Gasteiger partial charge in [0.05, 0.1) is 0 Å². The number of Topliss-reactive ketones (excluding diaryl/α,β-unsaturated/α-hetero) is 1. The van der Waals surface area contributed by atoms with Gasteiger partial charge in [-0.25, -0.2) is 0 Å². The van der Waals surface area contributed by atoms with Crippen molar-refractivity contribution in [2.75, 3.05) is 11.9 Å². The van der Waals surface area contributed by atoms with Crippen LogP contribution in [0.25, 0.3) is 5.57 Å². The van der Waals surface area contributed by atoms with Crippen molar-refractivity contribution in [3.63, 3.8) is 0 Å². The summed E-state index contributed by atoms with van der Waals surface area (Å²) >= 11 is 0.273. The van der Waals surface area contributed by atoms with Gasteiger partial charge in [0, 0.05) is 0 Å². The van der Waals surface area contributed by atoms with E-state index in [1.165, 1.54) is 14.7 Å². The average molecular weight is 379 g/mol. The van der Waals surface area contributed by atoms with Gasteiger partial charge in [0.2, 0.25) is 0 Å². The molecule has 0 saturated heterocycles. The molecule has 0 spiro atoms. The van der Waals surface area contributed by atoms with E-state index >= 15 is 0 Å². The Hall–Kier alpha value is -2.42. The Bertz CT molecular complexity index is 940. The summed E-state index contributed by atoms with van der Waals surface area (Å²) in [5.41, 5.74) is 4.52. The average Bonchev–Trinajstić information content (AvgIpc) is 2.93. The number of fused-ring (bicyclic) bond motifs is 2.